The van der Waals surface area contributed by atoms with E-state index < -0.39 is 0 Å². The third-order valence-electron chi connectivity index (χ3n) is 5.11. The van der Waals surface area contributed by atoms with Gasteiger partial charge in [-0.25, -0.2) is 0 Å². The number of guanidine groups is 1. The molecular weight excluding hydrogens is 459 g/mol. The first-order valence-corrected chi connectivity index (χ1v) is 9.36. The normalized spacial score (nSPS) is 15.4. The molecule has 8 heteroatoms. The van der Waals surface area contributed by atoms with E-state index in [1.54, 1.807) is 20.2 Å². The molecule has 0 bridgehead atoms. The summed E-state index contributed by atoms with van der Waals surface area (Å²) >= 11 is 0. The van der Waals surface area contributed by atoms with Gasteiger partial charge in [0.1, 0.15) is 0 Å². The number of carbonyl (C=O) groups excluding carboxylic acids is 1. The van der Waals surface area contributed by atoms with Crippen LogP contribution in [0.15, 0.2) is 21.7 Å². The van der Waals surface area contributed by atoms with Gasteiger partial charge in [-0.15, -0.1) is 24.0 Å². The Morgan fingerprint density at radius 1 is 1.30 bits per heavy atom. The molecule has 27 heavy (non-hydrogen) atoms. The monoisotopic (exact) mass is 492 g/mol. The lowest BCUT2D eigenvalue weighted by molar-refractivity contribution is 0.0732. The minimum absolute atomic E-state index is 0. The second kappa shape index (κ2) is 12.2. The number of carbonyl (C=O) groups is 1. The van der Waals surface area contributed by atoms with E-state index in [1.165, 1.54) is 25.5 Å². The smallest absolute Gasteiger partial charge is 0.287 e. The van der Waals surface area contributed by atoms with Gasteiger partial charge in [-0.05, 0) is 44.1 Å². The summed E-state index contributed by atoms with van der Waals surface area (Å²) in [7, 11) is 3.53. The zero-order chi connectivity index (χ0) is 18.8. The summed E-state index contributed by atoms with van der Waals surface area (Å²) in [6, 6.07) is 1.79. The molecular formula is C19H33IN4O3. The lowest BCUT2D eigenvalue weighted by Gasteiger charge is -2.42. The van der Waals surface area contributed by atoms with Crippen molar-refractivity contribution in [3.63, 3.8) is 0 Å². The van der Waals surface area contributed by atoms with Crippen LogP contribution in [0.5, 0.6) is 0 Å². The largest absolute Gasteiger partial charge is 0.459 e. The molecule has 2 rings (SSSR count). The molecule has 1 saturated carbocycles. The first-order valence-electron chi connectivity index (χ1n) is 9.36. The average molecular weight is 492 g/mol. The molecule has 154 valence electrons. The van der Waals surface area contributed by atoms with Crippen molar-refractivity contribution in [1.82, 2.24) is 16.0 Å². The predicted molar refractivity (Wildman–Crippen MR) is 118 cm³/mol. The van der Waals surface area contributed by atoms with E-state index in [-0.39, 0.29) is 29.9 Å². The lowest BCUT2D eigenvalue weighted by Crippen LogP contribution is -2.47. The molecule has 1 aromatic rings. The number of ether oxygens (including phenoxy) is 1. The maximum absolute atomic E-state index is 11.9. The molecule has 1 fully saturated rings. The van der Waals surface area contributed by atoms with E-state index in [4.69, 9.17) is 9.15 Å². The number of halogens is 1. The Hall–Kier alpha value is -1.29. The molecule has 0 saturated heterocycles. The van der Waals surface area contributed by atoms with Gasteiger partial charge in [0.15, 0.2) is 11.7 Å². The van der Waals surface area contributed by atoms with E-state index in [1.807, 2.05) is 6.92 Å². The van der Waals surface area contributed by atoms with E-state index >= 15 is 0 Å². The van der Waals surface area contributed by atoms with E-state index in [9.17, 15) is 4.79 Å². The summed E-state index contributed by atoms with van der Waals surface area (Å²) in [5.74, 6) is 1.03. The minimum Gasteiger partial charge on any atom is -0.459 e. The summed E-state index contributed by atoms with van der Waals surface area (Å²) in [6.07, 6.45) is 7.22. The molecule has 0 spiro atoms. The molecule has 0 atom stereocenters. The molecule has 0 radical (unpaired) electrons. The average Bonchev–Trinajstić information content (AvgIpc) is 3.04. The molecule has 1 aromatic heterocycles. The van der Waals surface area contributed by atoms with E-state index in [0.29, 0.717) is 17.7 Å². The molecule has 7 nitrogen and oxygen atoms in total. The number of rotatable bonds is 10. The van der Waals surface area contributed by atoms with Crippen molar-refractivity contribution < 1.29 is 13.9 Å². The highest BCUT2D eigenvalue weighted by molar-refractivity contribution is 14.0. The maximum Gasteiger partial charge on any atom is 0.287 e. The van der Waals surface area contributed by atoms with Crippen molar-refractivity contribution in [2.45, 2.75) is 39.0 Å². The quantitative estimate of drug-likeness (QED) is 0.202. The number of hydrogen-bond donors (Lipinski definition) is 3. The van der Waals surface area contributed by atoms with Crippen LogP contribution in [0.2, 0.25) is 0 Å². The fraction of sp³-hybridized carbons (Fsp3) is 0.684. The Kier molecular flexibility index (Phi) is 10.8. The number of hydrogen-bond acceptors (Lipinski definition) is 4. The van der Waals surface area contributed by atoms with Crippen LogP contribution >= 0.6 is 24.0 Å². The van der Waals surface area contributed by atoms with Gasteiger partial charge in [0.2, 0.25) is 0 Å². The number of amides is 1. The first-order chi connectivity index (χ1) is 12.6. The van der Waals surface area contributed by atoms with Crippen LogP contribution in [-0.2, 0) is 4.74 Å². The van der Waals surface area contributed by atoms with Crippen LogP contribution < -0.4 is 16.0 Å². The molecule has 0 aliphatic heterocycles. The fourth-order valence-corrected chi connectivity index (χ4v) is 3.19. The second-order valence-electron chi connectivity index (χ2n) is 6.99. The Morgan fingerprint density at radius 2 is 2.04 bits per heavy atom. The summed E-state index contributed by atoms with van der Waals surface area (Å²) in [6.45, 7) is 4.91. The SMILES string of the molecule is CN=C(NCCCNC(=O)c1occc1C)NCC1(CCOC)CCC1.I. The Balaban J connectivity index is 0.00000364. The zero-order valence-corrected chi connectivity index (χ0v) is 18.9. The summed E-state index contributed by atoms with van der Waals surface area (Å²) in [5.41, 5.74) is 1.20. The van der Waals surface area contributed by atoms with Crippen molar-refractivity contribution in [1.29, 1.82) is 0 Å². The highest BCUT2D eigenvalue weighted by atomic mass is 127. The van der Waals surface area contributed by atoms with Crippen LogP contribution in [0.25, 0.3) is 0 Å². The molecule has 1 aliphatic rings. The van der Waals surface area contributed by atoms with Gasteiger partial charge >= 0.3 is 0 Å². The standard InChI is InChI=1S/C19H32N4O3.HI/c1-15-6-12-26-16(15)17(24)21-10-5-11-22-18(20-2)23-14-19(7-4-8-19)9-13-25-3;/h6,12H,4-5,7-11,13-14H2,1-3H3,(H,21,24)(H2,20,22,23);1H. The lowest BCUT2D eigenvalue weighted by atomic mass is 9.67. The van der Waals surface area contributed by atoms with Gasteiger partial charge in [0.25, 0.3) is 5.91 Å². The van der Waals surface area contributed by atoms with Crippen LogP contribution in [0.4, 0.5) is 0 Å². The van der Waals surface area contributed by atoms with Crippen molar-refractivity contribution in [2.24, 2.45) is 10.4 Å². The third-order valence-corrected chi connectivity index (χ3v) is 5.11. The highest BCUT2D eigenvalue weighted by Crippen LogP contribution is 2.43. The van der Waals surface area contributed by atoms with Crippen LogP contribution in [-0.4, -0.2) is 52.3 Å². The van der Waals surface area contributed by atoms with Crippen molar-refractivity contribution in [3.05, 3.63) is 23.7 Å². The van der Waals surface area contributed by atoms with Crippen LogP contribution in [0.3, 0.4) is 0 Å². The third kappa shape index (κ3) is 7.33. The van der Waals surface area contributed by atoms with Gasteiger partial charge in [0, 0.05) is 46.0 Å². The minimum atomic E-state index is -0.167. The Morgan fingerprint density at radius 3 is 2.59 bits per heavy atom. The van der Waals surface area contributed by atoms with Crippen molar-refractivity contribution in [3.8, 4) is 0 Å². The first kappa shape index (κ1) is 23.7. The molecule has 3 N–H and O–H groups in total. The van der Waals surface area contributed by atoms with Gasteiger partial charge in [-0.1, -0.05) is 6.42 Å². The van der Waals surface area contributed by atoms with Crippen LogP contribution in [0.1, 0.15) is 48.2 Å². The predicted octanol–water partition coefficient (Wildman–Crippen LogP) is 2.70. The van der Waals surface area contributed by atoms with Gasteiger partial charge in [-0.3, -0.25) is 9.79 Å². The van der Waals surface area contributed by atoms with E-state index in [0.717, 1.165) is 44.1 Å². The molecule has 1 heterocycles. The number of nitrogens with one attached hydrogen (secondary N) is 3. The number of aliphatic imine (C=N–C) groups is 1. The summed E-state index contributed by atoms with van der Waals surface area (Å²) in [4.78, 5) is 16.2. The molecule has 1 amide bonds. The Labute approximate surface area is 179 Å². The highest BCUT2D eigenvalue weighted by Gasteiger charge is 2.36. The topological polar surface area (TPSA) is 87.9 Å². The van der Waals surface area contributed by atoms with E-state index in [2.05, 4.69) is 20.9 Å². The number of nitrogens with zero attached hydrogens (tertiary/aromatic N) is 1. The second-order valence-corrected chi connectivity index (χ2v) is 6.99. The Bertz CT molecular complexity index is 600. The molecule has 0 aromatic carbocycles. The summed E-state index contributed by atoms with van der Waals surface area (Å²) < 4.78 is 10.4. The number of furan rings is 1. The number of methoxy groups -OCH3 is 1. The fourth-order valence-electron chi connectivity index (χ4n) is 3.19. The van der Waals surface area contributed by atoms with Gasteiger partial charge in [0.05, 0.1) is 6.26 Å². The number of aryl methyl sites for hydroxylation is 1. The van der Waals surface area contributed by atoms with Crippen LogP contribution in [0, 0.1) is 12.3 Å². The van der Waals surface area contributed by atoms with Crippen molar-refractivity contribution >= 4 is 35.8 Å². The molecule has 1 aliphatic carbocycles. The van der Waals surface area contributed by atoms with Gasteiger partial charge in [-0.2, -0.15) is 0 Å². The van der Waals surface area contributed by atoms with Crippen molar-refractivity contribution in [2.75, 3.05) is 40.4 Å². The zero-order valence-electron chi connectivity index (χ0n) is 16.6. The maximum atomic E-state index is 11.9. The molecule has 0 unspecified atom stereocenters. The summed E-state index contributed by atoms with van der Waals surface area (Å²) in [5, 5.41) is 9.60. The van der Waals surface area contributed by atoms with Gasteiger partial charge < -0.3 is 25.1 Å².